The van der Waals surface area contributed by atoms with Gasteiger partial charge in [-0.05, 0) is 11.1 Å². The summed E-state index contributed by atoms with van der Waals surface area (Å²) < 4.78 is 5.06. The smallest absolute Gasteiger partial charge is 0.407 e. The quantitative estimate of drug-likeness (QED) is 0.785. The first-order valence-corrected chi connectivity index (χ1v) is 5.35. The Morgan fingerprint density at radius 1 is 1.50 bits per heavy atom. The first-order chi connectivity index (χ1) is 7.65. The van der Waals surface area contributed by atoms with E-state index in [-0.39, 0.29) is 11.5 Å². The standard InChI is InChI=1S/C12H16N2O2/c1-12(7-14-11(15)16-8-12)10-5-3-2-4-9(10)6-13/h2-5H,6-8,13H2,1H3,(H,14,15). The van der Waals surface area contributed by atoms with Crippen LogP contribution in [-0.4, -0.2) is 19.2 Å². The predicted octanol–water partition coefficient (Wildman–Crippen LogP) is 1.14. The third-order valence-corrected chi connectivity index (χ3v) is 3.03. The molecule has 16 heavy (non-hydrogen) atoms. The van der Waals surface area contributed by atoms with Crippen LogP contribution in [0.15, 0.2) is 24.3 Å². The number of ether oxygens (including phenoxy) is 1. The van der Waals surface area contributed by atoms with Crippen LogP contribution in [0.3, 0.4) is 0 Å². The van der Waals surface area contributed by atoms with Gasteiger partial charge in [-0.15, -0.1) is 0 Å². The second-order valence-electron chi connectivity index (χ2n) is 4.35. The number of carbonyl (C=O) groups excluding carboxylic acids is 1. The number of hydrogen-bond acceptors (Lipinski definition) is 3. The van der Waals surface area contributed by atoms with Gasteiger partial charge in [0.05, 0.1) is 0 Å². The Balaban J connectivity index is 2.32. The van der Waals surface area contributed by atoms with E-state index in [4.69, 9.17) is 10.5 Å². The van der Waals surface area contributed by atoms with Crippen molar-refractivity contribution in [1.82, 2.24) is 5.32 Å². The largest absolute Gasteiger partial charge is 0.449 e. The molecule has 1 aromatic rings. The molecule has 1 amide bonds. The number of carbonyl (C=O) groups is 1. The Kier molecular flexibility index (Phi) is 2.83. The van der Waals surface area contributed by atoms with Crippen LogP contribution in [0.25, 0.3) is 0 Å². The van der Waals surface area contributed by atoms with Gasteiger partial charge in [-0.2, -0.15) is 0 Å². The van der Waals surface area contributed by atoms with Gasteiger partial charge in [-0.25, -0.2) is 4.79 Å². The SMILES string of the molecule is CC1(c2ccccc2CN)CNC(=O)OC1. The molecule has 1 unspecified atom stereocenters. The van der Waals surface area contributed by atoms with E-state index in [0.29, 0.717) is 19.7 Å². The van der Waals surface area contributed by atoms with E-state index in [0.717, 1.165) is 11.1 Å². The van der Waals surface area contributed by atoms with E-state index in [9.17, 15) is 4.79 Å². The van der Waals surface area contributed by atoms with Crippen LogP contribution < -0.4 is 11.1 Å². The fourth-order valence-electron chi connectivity index (χ4n) is 2.05. The highest BCUT2D eigenvalue weighted by molar-refractivity contribution is 5.68. The van der Waals surface area contributed by atoms with Crippen molar-refractivity contribution in [2.75, 3.05) is 13.2 Å². The molecule has 1 atom stereocenters. The molecule has 1 aliphatic heterocycles. The summed E-state index contributed by atoms with van der Waals surface area (Å²) in [6.07, 6.45) is -0.345. The fraction of sp³-hybridized carbons (Fsp3) is 0.417. The lowest BCUT2D eigenvalue weighted by Crippen LogP contribution is -2.49. The average Bonchev–Trinajstić information content (AvgIpc) is 2.33. The molecule has 0 radical (unpaired) electrons. The molecule has 2 rings (SSSR count). The Bertz CT molecular complexity index is 394. The van der Waals surface area contributed by atoms with Gasteiger partial charge in [0, 0.05) is 18.5 Å². The molecule has 1 aromatic carbocycles. The second-order valence-corrected chi connectivity index (χ2v) is 4.35. The van der Waals surface area contributed by atoms with E-state index in [1.165, 1.54) is 0 Å². The summed E-state index contributed by atoms with van der Waals surface area (Å²) in [5.41, 5.74) is 7.78. The Morgan fingerprint density at radius 3 is 2.88 bits per heavy atom. The summed E-state index contributed by atoms with van der Waals surface area (Å²) in [6, 6.07) is 8.01. The molecule has 0 bridgehead atoms. The summed E-state index contributed by atoms with van der Waals surface area (Å²) in [6.45, 7) is 3.55. The van der Waals surface area contributed by atoms with Gasteiger partial charge in [0.25, 0.3) is 0 Å². The second kappa shape index (κ2) is 4.14. The van der Waals surface area contributed by atoms with Crippen molar-refractivity contribution < 1.29 is 9.53 Å². The zero-order chi connectivity index (χ0) is 11.6. The maximum Gasteiger partial charge on any atom is 0.407 e. The number of hydrogen-bond donors (Lipinski definition) is 2. The maximum absolute atomic E-state index is 11.0. The first-order valence-electron chi connectivity index (χ1n) is 5.35. The van der Waals surface area contributed by atoms with Crippen LogP contribution in [0.5, 0.6) is 0 Å². The number of cyclic esters (lactones) is 1. The summed E-state index contributed by atoms with van der Waals surface area (Å²) in [7, 11) is 0. The monoisotopic (exact) mass is 220 g/mol. The Labute approximate surface area is 94.8 Å². The van der Waals surface area contributed by atoms with Crippen LogP contribution in [0.4, 0.5) is 4.79 Å². The third kappa shape index (κ3) is 1.88. The molecule has 0 aliphatic carbocycles. The molecule has 0 spiro atoms. The number of amides is 1. The van der Waals surface area contributed by atoms with Crippen LogP contribution in [0, 0.1) is 0 Å². The average molecular weight is 220 g/mol. The molecule has 1 fully saturated rings. The zero-order valence-corrected chi connectivity index (χ0v) is 9.32. The lowest BCUT2D eigenvalue weighted by Gasteiger charge is -2.35. The molecule has 1 heterocycles. The number of nitrogens with one attached hydrogen (secondary N) is 1. The molecule has 4 heteroatoms. The molecule has 1 aliphatic rings. The summed E-state index contributed by atoms with van der Waals surface area (Å²) in [4.78, 5) is 11.0. The molecule has 0 aromatic heterocycles. The van der Waals surface area contributed by atoms with E-state index in [1.807, 2.05) is 24.3 Å². The van der Waals surface area contributed by atoms with Crippen molar-refractivity contribution in [2.45, 2.75) is 18.9 Å². The molecular weight excluding hydrogens is 204 g/mol. The summed E-state index contributed by atoms with van der Waals surface area (Å²) >= 11 is 0. The normalized spacial score (nSPS) is 24.8. The Morgan fingerprint density at radius 2 is 2.25 bits per heavy atom. The van der Waals surface area contributed by atoms with E-state index in [1.54, 1.807) is 0 Å². The van der Waals surface area contributed by atoms with Crippen molar-refractivity contribution in [2.24, 2.45) is 5.73 Å². The van der Waals surface area contributed by atoms with E-state index >= 15 is 0 Å². The van der Waals surface area contributed by atoms with Crippen molar-refractivity contribution >= 4 is 6.09 Å². The van der Waals surface area contributed by atoms with Crippen molar-refractivity contribution in [3.63, 3.8) is 0 Å². The lowest BCUT2D eigenvalue weighted by atomic mass is 9.80. The molecule has 1 saturated heterocycles. The van der Waals surface area contributed by atoms with Gasteiger partial charge < -0.3 is 15.8 Å². The zero-order valence-electron chi connectivity index (χ0n) is 9.32. The minimum Gasteiger partial charge on any atom is -0.449 e. The predicted molar refractivity (Wildman–Crippen MR) is 61.0 cm³/mol. The molecule has 4 nitrogen and oxygen atoms in total. The number of alkyl carbamates (subject to hydrolysis) is 1. The number of rotatable bonds is 2. The Hall–Kier alpha value is -1.55. The minimum absolute atomic E-state index is 0.191. The van der Waals surface area contributed by atoms with Gasteiger partial charge >= 0.3 is 6.09 Å². The number of nitrogens with two attached hydrogens (primary N) is 1. The van der Waals surface area contributed by atoms with E-state index < -0.39 is 0 Å². The van der Waals surface area contributed by atoms with Gasteiger partial charge in [0.2, 0.25) is 0 Å². The maximum atomic E-state index is 11.0. The van der Waals surface area contributed by atoms with Crippen LogP contribution in [0.2, 0.25) is 0 Å². The van der Waals surface area contributed by atoms with Crippen molar-refractivity contribution in [3.8, 4) is 0 Å². The van der Waals surface area contributed by atoms with Gasteiger partial charge in [-0.3, -0.25) is 0 Å². The van der Waals surface area contributed by atoms with Crippen LogP contribution in [-0.2, 0) is 16.7 Å². The summed E-state index contributed by atoms with van der Waals surface area (Å²) in [5, 5.41) is 2.72. The first kappa shape index (κ1) is 11.0. The molecule has 86 valence electrons. The molecule has 3 N–H and O–H groups in total. The highest BCUT2D eigenvalue weighted by atomic mass is 16.6. The van der Waals surface area contributed by atoms with Gasteiger partial charge in [0.15, 0.2) is 0 Å². The third-order valence-electron chi connectivity index (χ3n) is 3.03. The minimum atomic E-state index is -0.345. The lowest BCUT2D eigenvalue weighted by molar-refractivity contribution is 0.0926. The van der Waals surface area contributed by atoms with E-state index in [2.05, 4.69) is 12.2 Å². The topological polar surface area (TPSA) is 64.3 Å². The fourth-order valence-corrected chi connectivity index (χ4v) is 2.05. The van der Waals surface area contributed by atoms with Crippen LogP contribution in [0.1, 0.15) is 18.1 Å². The number of benzene rings is 1. The van der Waals surface area contributed by atoms with Crippen LogP contribution >= 0.6 is 0 Å². The van der Waals surface area contributed by atoms with Crippen molar-refractivity contribution in [1.29, 1.82) is 0 Å². The van der Waals surface area contributed by atoms with Crippen molar-refractivity contribution in [3.05, 3.63) is 35.4 Å². The van der Waals surface area contributed by atoms with Gasteiger partial charge in [-0.1, -0.05) is 31.2 Å². The highest BCUT2D eigenvalue weighted by Gasteiger charge is 2.34. The molecular formula is C12H16N2O2. The highest BCUT2D eigenvalue weighted by Crippen LogP contribution is 2.28. The molecule has 0 saturated carbocycles. The van der Waals surface area contributed by atoms with Gasteiger partial charge in [0.1, 0.15) is 6.61 Å². The summed E-state index contributed by atoms with van der Waals surface area (Å²) in [5.74, 6) is 0.